The maximum absolute atomic E-state index is 11.3. The standard InChI is InChI=1S/C11H24N4O2/c1-9(2)8-14-11(16)5-7-13-6-3-4-10(12)15-17/h9,13,17H,3-8H2,1-2H3,(H2,12,15)(H,14,16). The third-order valence-corrected chi connectivity index (χ3v) is 2.15. The zero-order chi connectivity index (χ0) is 13.1. The molecule has 6 heteroatoms. The summed E-state index contributed by atoms with van der Waals surface area (Å²) in [4.78, 5) is 11.3. The molecular weight excluding hydrogens is 220 g/mol. The minimum atomic E-state index is 0.0719. The number of hydrogen-bond donors (Lipinski definition) is 4. The van der Waals surface area contributed by atoms with Gasteiger partial charge in [0, 0.05) is 25.9 Å². The van der Waals surface area contributed by atoms with Crippen molar-refractivity contribution in [2.24, 2.45) is 16.8 Å². The number of amides is 1. The number of nitrogens with zero attached hydrogens (tertiary/aromatic N) is 1. The summed E-state index contributed by atoms with van der Waals surface area (Å²) in [6.07, 6.45) is 1.84. The highest BCUT2D eigenvalue weighted by molar-refractivity contribution is 5.79. The van der Waals surface area contributed by atoms with Crippen LogP contribution in [0.2, 0.25) is 0 Å². The fourth-order valence-corrected chi connectivity index (χ4v) is 1.18. The van der Waals surface area contributed by atoms with Gasteiger partial charge in [-0.3, -0.25) is 4.79 Å². The first kappa shape index (κ1) is 15.7. The van der Waals surface area contributed by atoms with E-state index in [1.165, 1.54) is 0 Å². The van der Waals surface area contributed by atoms with Crippen LogP contribution in [0.3, 0.4) is 0 Å². The van der Waals surface area contributed by atoms with Gasteiger partial charge >= 0.3 is 0 Å². The van der Waals surface area contributed by atoms with Gasteiger partial charge in [0.1, 0.15) is 5.84 Å². The summed E-state index contributed by atoms with van der Waals surface area (Å²) in [5, 5.41) is 17.2. The number of rotatable bonds is 9. The Balaban J connectivity index is 3.30. The van der Waals surface area contributed by atoms with E-state index in [-0.39, 0.29) is 11.7 Å². The number of carbonyl (C=O) groups is 1. The summed E-state index contributed by atoms with van der Waals surface area (Å²) < 4.78 is 0. The van der Waals surface area contributed by atoms with Crippen molar-refractivity contribution in [2.75, 3.05) is 19.6 Å². The molecule has 5 N–H and O–H groups in total. The van der Waals surface area contributed by atoms with Crippen LogP contribution in [0, 0.1) is 5.92 Å². The van der Waals surface area contributed by atoms with Crippen molar-refractivity contribution in [3.8, 4) is 0 Å². The molecule has 0 spiro atoms. The molecule has 0 aromatic rings. The predicted molar refractivity (Wildman–Crippen MR) is 68.0 cm³/mol. The summed E-state index contributed by atoms with van der Waals surface area (Å²) in [5.41, 5.74) is 5.31. The number of amidine groups is 1. The molecule has 0 aliphatic carbocycles. The molecule has 17 heavy (non-hydrogen) atoms. The van der Waals surface area contributed by atoms with Crippen molar-refractivity contribution in [2.45, 2.75) is 33.1 Å². The monoisotopic (exact) mass is 244 g/mol. The predicted octanol–water partition coefficient (Wildman–Crippen LogP) is 0.265. The highest BCUT2D eigenvalue weighted by Crippen LogP contribution is 1.89. The van der Waals surface area contributed by atoms with Gasteiger partial charge in [0.2, 0.25) is 5.91 Å². The molecule has 1 amide bonds. The molecule has 0 aliphatic rings. The quantitative estimate of drug-likeness (QED) is 0.154. The molecule has 0 heterocycles. The summed E-state index contributed by atoms with van der Waals surface area (Å²) in [5.74, 6) is 0.789. The van der Waals surface area contributed by atoms with E-state index in [2.05, 4.69) is 29.6 Å². The third-order valence-electron chi connectivity index (χ3n) is 2.15. The van der Waals surface area contributed by atoms with Gasteiger partial charge in [-0.25, -0.2) is 0 Å². The average Bonchev–Trinajstić information content (AvgIpc) is 2.30. The Hall–Kier alpha value is -1.30. The van der Waals surface area contributed by atoms with Crippen molar-refractivity contribution in [3.63, 3.8) is 0 Å². The van der Waals surface area contributed by atoms with E-state index in [0.29, 0.717) is 25.3 Å². The minimum Gasteiger partial charge on any atom is -0.409 e. The molecule has 0 aromatic heterocycles. The first-order valence-electron chi connectivity index (χ1n) is 6.00. The van der Waals surface area contributed by atoms with Gasteiger partial charge in [0.15, 0.2) is 0 Å². The largest absolute Gasteiger partial charge is 0.409 e. The van der Waals surface area contributed by atoms with Gasteiger partial charge in [-0.1, -0.05) is 19.0 Å². The second-order valence-electron chi connectivity index (χ2n) is 4.39. The van der Waals surface area contributed by atoms with Crippen LogP contribution in [0.15, 0.2) is 5.16 Å². The van der Waals surface area contributed by atoms with Crippen molar-refractivity contribution in [1.82, 2.24) is 10.6 Å². The number of oxime groups is 1. The van der Waals surface area contributed by atoms with Gasteiger partial charge in [-0.2, -0.15) is 0 Å². The highest BCUT2D eigenvalue weighted by Gasteiger charge is 2.01. The average molecular weight is 244 g/mol. The van der Waals surface area contributed by atoms with Crippen molar-refractivity contribution >= 4 is 11.7 Å². The second-order valence-corrected chi connectivity index (χ2v) is 4.39. The van der Waals surface area contributed by atoms with Crippen LogP contribution in [0.1, 0.15) is 33.1 Å². The molecule has 0 aromatic carbocycles. The van der Waals surface area contributed by atoms with Crippen molar-refractivity contribution < 1.29 is 10.0 Å². The van der Waals surface area contributed by atoms with E-state index >= 15 is 0 Å². The highest BCUT2D eigenvalue weighted by atomic mass is 16.4. The van der Waals surface area contributed by atoms with Crippen LogP contribution in [0.5, 0.6) is 0 Å². The first-order valence-corrected chi connectivity index (χ1v) is 6.00. The number of carbonyl (C=O) groups excluding carboxylic acids is 1. The maximum atomic E-state index is 11.3. The SMILES string of the molecule is CC(C)CNC(=O)CCNCCCC(N)=NO. The van der Waals surface area contributed by atoms with Crippen LogP contribution in [0.25, 0.3) is 0 Å². The Morgan fingerprint density at radius 3 is 2.65 bits per heavy atom. The molecule has 0 saturated carbocycles. The van der Waals surface area contributed by atoms with Crippen LogP contribution in [-0.2, 0) is 4.79 Å². The van der Waals surface area contributed by atoms with Crippen LogP contribution in [0.4, 0.5) is 0 Å². The van der Waals surface area contributed by atoms with Crippen molar-refractivity contribution in [1.29, 1.82) is 0 Å². The van der Waals surface area contributed by atoms with Crippen LogP contribution >= 0.6 is 0 Å². The zero-order valence-electron chi connectivity index (χ0n) is 10.7. The summed E-state index contributed by atoms with van der Waals surface area (Å²) in [6, 6.07) is 0. The van der Waals surface area contributed by atoms with Gasteiger partial charge in [0.25, 0.3) is 0 Å². The lowest BCUT2D eigenvalue weighted by molar-refractivity contribution is -0.121. The Labute approximate surface area is 103 Å². The number of nitrogens with one attached hydrogen (secondary N) is 2. The maximum Gasteiger partial charge on any atom is 0.221 e. The molecule has 100 valence electrons. The Morgan fingerprint density at radius 1 is 1.35 bits per heavy atom. The Kier molecular flexibility index (Phi) is 9.14. The van der Waals surface area contributed by atoms with Crippen LogP contribution < -0.4 is 16.4 Å². The van der Waals surface area contributed by atoms with Gasteiger partial charge in [0.05, 0.1) is 0 Å². The normalized spacial score (nSPS) is 11.8. The molecule has 0 fully saturated rings. The van der Waals surface area contributed by atoms with E-state index in [0.717, 1.165) is 19.5 Å². The molecule has 0 atom stereocenters. The van der Waals surface area contributed by atoms with Crippen LogP contribution in [-0.4, -0.2) is 36.6 Å². The van der Waals surface area contributed by atoms with Gasteiger partial charge in [-0.15, -0.1) is 0 Å². The lowest BCUT2D eigenvalue weighted by atomic mass is 10.2. The van der Waals surface area contributed by atoms with E-state index in [4.69, 9.17) is 10.9 Å². The molecular formula is C11H24N4O2. The summed E-state index contributed by atoms with van der Waals surface area (Å²) in [7, 11) is 0. The Bertz CT molecular complexity index is 242. The summed E-state index contributed by atoms with van der Waals surface area (Å²) in [6.45, 7) is 6.26. The molecule has 0 bridgehead atoms. The molecule has 0 aliphatic heterocycles. The molecule has 0 unspecified atom stereocenters. The third kappa shape index (κ3) is 11.0. The minimum absolute atomic E-state index is 0.0719. The van der Waals surface area contributed by atoms with E-state index in [1.54, 1.807) is 0 Å². The van der Waals surface area contributed by atoms with E-state index in [1.807, 2.05) is 0 Å². The first-order chi connectivity index (χ1) is 8.06. The molecule has 0 rings (SSSR count). The Morgan fingerprint density at radius 2 is 2.06 bits per heavy atom. The van der Waals surface area contributed by atoms with Gasteiger partial charge < -0.3 is 21.6 Å². The zero-order valence-corrected chi connectivity index (χ0v) is 10.7. The van der Waals surface area contributed by atoms with Gasteiger partial charge in [-0.05, 0) is 18.9 Å². The second kappa shape index (κ2) is 9.89. The summed E-state index contributed by atoms with van der Waals surface area (Å²) >= 11 is 0. The lowest BCUT2D eigenvalue weighted by Crippen LogP contribution is -2.30. The van der Waals surface area contributed by atoms with Crippen molar-refractivity contribution in [3.05, 3.63) is 0 Å². The van der Waals surface area contributed by atoms with E-state index in [9.17, 15) is 4.79 Å². The number of hydrogen-bond acceptors (Lipinski definition) is 4. The number of nitrogens with two attached hydrogens (primary N) is 1. The molecule has 6 nitrogen and oxygen atoms in total. The molecule has 0 radical (unpaired) electrons. The van der Waals surface area contributed by atoms with E-state index < -0.39 is 0 Å². The fourth-order valence-electron chi connectivity index (χ4n) is 1.18. The smallest absolute Gasteiger partial charge is 0.221 e. The molecule has 0 saturated heterocycles. The topological polar surface area (TPSA) is 99.7 Å². The fraction of sp³-hybridized carbons (Fsp3) is 0.818. The lowest BCUT2D eigenvalue weighted by Gasteiger charge is -2.08.